The van der Waals surface area contributed by atoms with Crippen LogP contribution in [-0.4, -0.2) is 53.7 Å². The number of hydrogen-bond donors (Lipinski definition) is 2. The Hall–Kier alpha value is -4.13. The first-order valence-electron chi connectivity index (χ1n) is 11.7. The number of aliphatic carboxylic acids is 1. The summed E-state index contributed by atoms with van der Waals surface area (Å²) in [5, 5.41) is 11.9. The molecule has 3 aromatic rings. The van der Waals surface area contributed by atoms with E-state index in [4.69, 9.17) is 9.84 Å². The minimum Gasteiger partial charge on any atom is -0.481 e. The minimum absolute atomic E-state index is 0.0804. The van der Waals surface area contributed by atoms with Crippen molar-refractivity contribution in [2.24, 2.45) is 5.92 Å². The Morgan fingerprint density at radius 1 is 0.886 bits per heavy atom. The minimum atomic E-state index is -0.918. The molecule has 0 aromatic heterocycles. The zero-order valence-corrected chi connectivity index (χ0v) is 19.1. The van der Waals surface area contributed by atoms with Crippen LogP contribution in [0.1, 0.15) is 22.6 Å². The maximum Gasteiger partial charge on any atom is 0.407 e. The summed E-state index contributed by atoms with van der Waals surface area (Å²) in [6.07, 6.45) is -0.380. The number of carboxylic acid groups (broad SMARTS) is 1. The van der Waals surface area contributed by atoms with Gasteiger partial charge >= 0.3 is 12.1 Å². The molecule has 1 heterocycles. The van der Waals surface area contributed by atoms with E-state index in [0.717, 1.165) is 27.8 Å². The SMILES string of the molecule is O=C(N[C@H](Cc1ccccc1)C(=O)N1CC(C(=O)O)C1)OCC1c2ccccc2-c2ccccc21. The summed E-state index contributed by atoms with van der Waals surface area (Å²) >= 11 is 0. The molecule has 1 saturated heterocycles. The van der Waals surface area contributed by atoms with Crippen LogP contribution < -0.4 is 5.32 Å². The number of carboxylic acids is 1. The van der Waals surface area contributed by atoms with Gasteiger partial charge in [-0.3, -0.25) is 9.59 Å². The number of fused-ring (bicyclic) bond motifs is 3. The first-order chi connectivity index (χ1) is 17.0. The zero-order chi connectivity index (χ0) is 24.4. The van der Waals surface area contributed by atoms with Gasteiger partial charge < -0.3 is 20.1 Å². The summed E-state index contributed by atoms with van der Waals surface area (Å²) in [5.74, 6) is -1.87. The normalized spacial score (nSPS) is 15.5. The summed E-state index contributed by atoms with van der Waals surface area (Å²) < 4.78 is 5.63. The molecular formula is C28H26N2O5. The molecule has 0 saturated carbocycles. The van der Waals surface area contributed by atoms with E-state index in [0.29, 0.717) is 0 Å². The van der Waals surface area contributed by atoms with Crippen molar-refractivity contribution in [3.63, 3.8) is 0 Å². The number of nitrogens with one attached hydrogen (secondary N) is 1. The molecule has 1 atom stereocenters. The van der Waals surface area contributed by atoms with Crippen molar-refractivity contribution in [2.45, 2.75) is 18.4 Å². The first kappa shape index (κ1) is 22.7. The monoisotopic (exact) mass is 470 g/mol. The number of nitrogens with zero attached hydrogens (tertiary/aromatic N) is 1. The number of ether oxygens (including phenoxy) is 1. The lowest BCUT2D eigenvalue weighted by Crippen LogP contribution is -2.59. The molecule has 3 aromatic carbocycles. The van der Waals surface area contributed by atoms with Gasteiger partial charge in [0.25, 0.3) is 0 Å². The van der Waals surface area contributed by atoms with Crippen molar-refractivity contribution in [1.82, 2.24) is 10.2 Å². The van der Waals surface area contributed by atoms with Crippen molar-refractivity contribution in [3.05, 3.63) is 95.6 Å². The predicted octanol–water partition coefficient (Wildman–Crippen LogP) is 3.68. The molecule has 0 bridgehead atoms. The van der Waals surface area contributed by atoms with Crippen LogP contribution in [0.3, 0.4) is 0 Å². The van der Waals surface area contributed by atoms with E-state index in [2.05, 4.69) is 17.4 Å². The number of benzene rings is 3. The topological polar surface area (TPSA) is 95.9 Å². The summed E-state index contributed by atoms with van der Waals surface area (Å²) in [6.45, 7) is 0.439. The van der Waals surface area contributed by atoms with Gasteiger partial charge in [0.1, 0.15) is 12.6 Å². The van der Waals surface area contributed by atoms with Crippen molar-refractivity contribution < 1.29 is 24.2 Å². The second-order valence-corrected chi connectivity index (χ2v) is 8.99. The van der Waals surface area contributed by atoms with Crippen LogP contribution >= 0.6 is 0 Å². The third-order valence-corrected chi connectivity index (χ3v) is 6.76. The smallest absolute Gasteiger partial charge is 0.407 e. The van der Waals surface area contributed by atoms with Crippen LogP contribution in [0, 0.1) is 5.92 Å². The molecule has 7 nitrogen and oxygen atoms in total. The average Bonchev–Trinajstić information content (AvgIpc) is 3.15. The first-order valence-corrected chi connectivity index (χ1v) is 11.7. The van der Waals surface area contributed by atoms with Gasteiger partial charge in [-0.2, -0.15) is 0 Å². The van der Waals surface area contributed by atoms with Gasteiger partial charge in [-0.15, -0.1) is 0 Å². The summed E-state index contributed by atoms with van der Waals surface area (Å²) in [6, 6.07) is 24.7. The molecule has 1 fully saturated rings. The Bertz CT molecular complexity index is 1210. The van der Waals surface area contributed by atoms with Gasteiger partial charge in [0.15, 0.2) is 0 Å². The van der Waals surface area contributed by atoms with Crippen molar-refractivity contribution >= 4 is 18.0 Å². The Balaban J connectivity index is 1.27. The third kappa shape index (κ3) is 4.62. The van der Waals surface area contributed by atoms with Crippen LogP contribution in [0.4, 0.5) is 4.79 Å². The van der Waals surface area contributed by atoms with Crippen LogP contribution in [0.25, 0.3) is 11.1 Å². The zero-order valence-electron chi connectivity index (χ0n) is 19.1. The van der Waals surface area contributed by atoms with E-state index in [1.165, 1.54) is 4.90 Å². The number of hydrogen-bond acceptors (Lipinski definition) is 4. The van der Waals surface area contributed by atoms with E-state index in [9.17, 15) is 14.4 Å². The van der Waals surface area contributed by atoms with Crippen LogP contribution in [0.5, 0.6) is 0 Å². The molecule has 178 valence electrons. The van der Waals surface area contributed by atoms with Crippen molar-refractivity contribution in [2.75, 3.05) is 19.7 Å². The average molecular weight is 471 g/mol. The number of alkyl carbamates (subject to hydrolysis) is 1. The third-order valence-electron chi connectivity index (χ3n) is 6.76. The Morgan fingerprint density at radius 3 is 2.06 bits per heavy atom. The molecule has 1 aliphatic carbocycles. The molecule has 0 radical (unpaired) electrons. The Labute approximate surface area is 203 Å². The quantitative estimate of drug-likeness (QED) is 0.549. The van der Waals surface area contributed by atoms with Gasteiger partial charge in [-0.25, -0.2) is 4.79 Å². The van der Waals surface area contributed by atoms with Gasteiger partial charge in [0, 0.05) is 25.4 Å². The van der Waals surface area contributed by atoms with Gasteiger partial charge in [0.2, 0.25) is 5.91 Å². The lowest BCUT2D eigenvalue weighted by Gasteiger charge is -2.38. The van der Waals surface area contributed by atoms with Crippen molar-refractivity contribution in [3.8, 4) is 11.1 Å². The largest absolute Gasteiger partial charge is 0.481 e. The second kappa shape index (κ2) is 9.62. The van der Waals surface area contributed by atoms with Crippen LogP contribution in [-0.2, 0) is 20.7 Å². The highest BCUT2D eigenvalue weighted by molar-refractivity contribution is 5.88. The molecule has 7 heteroatoms. The molecule has 2 aliphatic rings. The number of carbonyl (C=O) groups excluding carboxylic acids is 2. The Kier molecular flexibility index (Phi) is 6.23. The number of carbonyl (C=O) groups is 3. The fraction of sp³-hybridized carbons (Fsp3) is 0.250. The lowest BCUT2D eigenvalue weighted by molar-refractivity contribution is -0.153. The molecule has 0 unspecified atom stereocenters. The van der Waals surface area contributed by atoms with E-state index < -0.39 is 24.0 Å². The number of amides is 2. The van der Waals surface area contributed by atoms with E-state index >= 15 is 0 Å². The molecule has 5 rings (SSSR count). The Morgan fingerprint density at radius 2 is 1.46 bits per heavy atom. The molecule has 2 N–H and O–H groups in total. The number of rotatable bonds is 7. The summed E-state index contributed by atoms with van der Waals surface area (Å²) in [7, 11) is 0. The lowest BCUT2D eigenvalue weighted by atomic mass is 9.97. The second-order valence-electron chi connectivity index (χ2n) is 8.99. The molecule has 35 heavy (non-hydrogen) atoms. The van der Waals surface area contributed by atoms with Gasteiger partial charge in [-0.05, 0) is 27.8 Å². The molecule has 1 aliphatic heterocycles. The summed E-state index contributed by atoms with van der Waals surface area (Å²) in [4.78, 5) is 38.5. The fourth-order valence-electron chi connectivity index (χ4n) is 4.87. The predicted molar refractivity (Wildman–Crippen MR) is 130 cm³/mol. The van der Waals surface area contributed by atoms with Crippen LogP contribution in [0.15, 0.2) is 78.9 Å². The van der Waals surface area contributed by atoms with E-state index in [1.54, 1.807) is 0 Å². The molecular weight excluding hydrogens is 444 g/mol. The van der Waals surface area contributed by atoms with Crippen LogP contribution in [0.2, 0.25) is 0 Å². The molecule has 0 spiro atoms. The molecule has 2 amide bonds. The fourth-order valence-corrected chi connectivity index (χ4v) is 4.87. The highest BCUT2D eigenvalue weighted by atomic mass is 16.5. The summed E-state index contributed by atoms with van der Waals surface area (Å²) in [5.41, 5.74) is 5.39. The number of likely N-dealkylation sites (tertiary alicyclic amines) is 1. The van der Waals surface area contributed by atoms with Crippen molar-refractivity contribution in [1.29, 1.82) is 0 Å². The standard InChI is InChI=1S/C28H26N2O5/c31-26(30-15-19(16-30)27(32)33)25(14-18-8-2-1-3-9-18)29-28(34)35-17-24-22-12-6-4-10-20(22)21-11-5-7-13-23(21)24/h1-13,19,24-25H,14-17H2,(H,29,34)(H,32,33)/t25-/m1/s1. The van der Waals surface area contributed by atoms with E-state index in [1.807, 2.05) is 66.7 Å². The maximum absolute atomic E-state index is 13.1. The van der Waals surface area contributed by atoms with E-state index in [-0.39, 0.29) is 37.9 Å². The highest BCUT2D eigenvalue weighted by Crippen LogP contribution is 2.44. The van der Waals surface area contributed by atoms with Gasteiger partial charge in [-0.1, -0.05) is 78.9 Å². The maximum atomic E-state index is 13.1. The highest BCUT2D eigenvalue weighted by Gasteiger charge is 2.39. The van der Waals surface area contributed by atoms with Gasteiger partial charge in [0.05, 0.1) is 5.92 Å².